The SMILES string of the molecule is CNC(c1ccccc1)C(Sc1nc(C)co1)C(C)C. The molecule has 1 aromatic carbocycles. The molecule has 0 radical (unpaired) electrons. The standard InChI is InChI=1S/C16H22N2OS/c1-11(2)15(20-16-18-12(3)10-19-16)14(17-4)13-8-6-5-7-9-13/h5-11,14-15,17H,1-4H3. The summed E-state index contributed by atoms with van der Waals surface area (Å²) in [4.78, 5) is 4.41. The van der Waals surface area contributed by atoms with E-state index in [1.54, 1.807) is 18.0 Å². The van der Waals surface area contributed by atoms with Gasteiger partial charge in [0.25, 0.3) is 5.22 Å². The van der Waals surface area contributed by atoms with Gasteiger partial charge in [-0.2, -0.15) is 0 Å². The molecule has 108 valence electrons. The maximum absolute atomic E-state index is 5.50. The van der Waals surface area contributed by atoms with Crippen LogP contribution in [0.2, 0.25) is 0 Å². The summed E-state index contributed by atoms with van der Waals surface area (Å²) in [7, 11) is 2.01. The third-order valence-corrected chi connectivity index (χ3v) is 4.77. The molecule has 1 N–H and O–H groups in total. The molecule has 0 amide bonds. The molecule has 1 aromatic heterocycles. The Morgan fingerprint density at radius 2 is 1.90 bits per heavy atom. The molecule has 0 aliphatic carbocycles. The zero-order valence-corrected chi connectivity index (χ0v) is 13.3. The number of thioether (sulfide) groups is 1. The van der Waals surface area contributed by atoms with Crippen LogP contribution in [0.25, 0.3) is 0 Å². The molecular formula is C16H22N2OS. The fraction of sp³-hybridized carbons (Fsp3) is 0.438. The summed E-state index contributed by atoms with van der Waals surface area (Å²) in [5.74, 6) is 0.505. The van der Waals surface area contributed by atoms with Crippen LogP contribution in [0.4, 0.5) is 0 Å². The van der Waals surface area contributed by atoms with Crippen LogP contribution >= 0.6 is 11.8 Å². The van der Waals surface area contributed by atoms with E-state index in [0.717, 1.165) is 10.9 Å². The van der Waals surface area contributed by atoms with Crippen molar-refractivity contribution < 1.29 is 4.42 Å². The highest BCUT2D eigenvalue weighted by atomic mass is 32.2. The maximum Gasteiger partial charge on any atom is 0.256 e. The average molecular weight is 290 g/mol. The van der Waals surface area contributed by atoms with Gasteiger partial charge in [0.05, 0.1) is 5.69 Å². The van der Waals surface area contributed by atoms with E-state index in [2.05, 4.69) is 48.4 Å². The molecule has 0 aliphatic rings. The van der Waals surface area contributed by atoms with Crippen molar-refractivity contribution >= 4 is 11.8 Å². The number of benzene rings is 1. The Hall–Kier alpha value is -1.26. The molecule has 0 fully saturated rings. The Bertz CT molecular complexity index is 524. The van der Waals surface area contributed by atoms with Gasteiger partial charge in [-0.1, -0.05) is 55.9 Å². The zero-order chi connectivity index (χ0) is 14.5. The lowest BCUT2D eigenvalue weighted by molar-refractivity contribution is 0.437. The first-order chi connectivity index (χ1) is 9.61. The van der Waals surface area contributed by atoms with Crippen molar-refractivity contribution in [2.75, 3.05) is 7.05 Å². The van der Waals surface area contributed by atoms with E-state index in [-0.39, 0.29) is 6.04 Å². The van der Waals surface area contributed by atoms with Crippen molar-refractivity contribution in [1.82, 2.24) is 10.3 Å². The van der Waals surface area contributed by atoms with Crippen molar-refractivity contribution in [3.63, 3.8) is 0 Å². The van der Waals surface area contributed by atoms with Gasteiger partial charge in [-0.25, -0.2) is 4.98 Å². The van der Waals surface area contributed by atoms with E-state index >= 15 is 0 Å². The van der Waals surface area contributed by atoms with Crippen LogP contribution in [-0.2, 0) is 0 Å². The lowest BCUT2D eigenvalue weighted by Gasteiger charge is -2.28. The normalized spacial score (nSPS) is 14.4. The number of nitrogens with zero attached hydrogens (tertiary/aromatic N) is 1. The van der Waals surface area contributed by atoms with E-state index in [0.29, 0.717) is 11.2 Å². The predicted octanol–water partition coefficient (Wildman–Crippen LogP) is 4.06. The molecule has 1 heterocycles. The van der Waals surface area contributed by atoms with Crippen LogP contribution in [-0.4, -0.2) is 17.3 Å². The molecule has 2 atom stereocenters. The Labute approximate surface area is 125 Å². The van der Waals surface area contributed by atoms with Crippen LogP contribution in [0.15, 0.2) is 46.2 Å². The fourth-order valence-electron chi connectivity index (χ4n) is 2.27. The number of oxazole rings is 1. The minimum absolute atomic E-state index is 0.272. The largest absolute Gasteiger partial charge is 0.440 e. The average Bonchev–Trinajstić information content (AvgIpc) is 2.85. The van der Waals surface area contributed by atoms with E-state index < -0.39 is 0 Å². The van der Waals surface area contributed by atoms with Gasteiger partial charge in [0.1, 0.15) is 6.26 Å². The molecule has 4 heteroatoms. The second-order valence-electron chi connectivity index (χ2n) is 5.26. The lowest BCUT2D eigenvalue weighted by Crippen LogP contribution is -2.31. The molecular weight excluding hydrogens is 268 g/mol. The van der Waals surface area contributed by atoms with Gasteiger partial charge in [-0.3, -0.25) is 0 Å². The lowest BCUT2D eigenvalue weighted by atomic mass is 9.96. The highest BCUT2D eigenvalue weighted by molar-refractivity contribution is 7.99. The Balaban J connectivity index is 2.22. The minimum Gasteiger partial charge on any atom is -0.440 e. The third kappa shape index (κ3) is 3.64. The number of aromatic nitrogens is 1. The van der Waals surface area contributed by atoms with E-state index in [1.165, 1.54) is 5.56 Å². The van der Waals surface area contributed by atoms with Crippen molar-refractivity contribution in [2.45, 2.75) is 37.3 Å². The molecule has 0 saturated carbocycles. The number of nitrogens with one attached hydrogen (secondary N) is 1. The molecule has 0 saturated heterocycles. The van der Waals surface area contributed by atoms with Crippen LogP contribution in [0.5, 0.6) is 0 Å². The maximum atomic E-state index is 5.50. The van der Waals surface area contributed by atoms with Crippen molar-refractivity contribution in [3.8, 4) is 0 Å². The van der Waals surface area contributed by atoms with Gasteiger partial charge in [-0.15, -0.1) is 0 Å². The number of rotatable bonds is 6. The predicted molar refractivity (Wildman–Crippen MR) is 84.0 cm³/mol. The van der Waals surface area contributed by atoms with Crippen molar-refractivity contribution in [1.29, 1.82) is 0 Å². The molecule has 20 heavy (non-hydrogen) atoms. The summed E-state index contributed by atoms with van der Waals surface area (Å²) in [5.41, 5.74) is 2.22. The summed E-state index contributed by atoms with van der Waals surface area (Å²) >= 11 is 1.70. The zero-order valence-electron chi connectivity index (χ0n) is 12.5. The van der Waals surface area contributed by atoms with Gasteiger partial charge < -0.3 is 9.73 Å². The second-order valence-corrected chi connectivity index (χ2v) is 6.39. The van der Waals surface area contributed by atoms with E-state index in [4.69, 9.17) is 4.42 Å². The van der Waals surface area contributed by atoms with Gasteiger partial charge in [-0.05, 0) is 25.5 Å². The van der Waals surface area contributed by atoms with Gasteiger partial charge in [0.2, 0.25) is 0 Å². The molecule has 2 rings (SSSR count). The summed E-state index contributed by atoms with van der Waals surface area (Å²) in [6.07, 6.45) is 1.70. The molecule has 2 aromatic rings. The molecule has 0 spiro atoms. The van der Waals surface area contributed by atoms with Crippen LogP contribution in [0, 0.1) is 12.8 Å². The summed E-state index contributed by atoms with van der Waals surface area (Å²) < 4.78 is 5.50. The number of hydrogen-bond donors (Lipinski definition) is 1. The van der Waals surface area contributed by atoms with Crippen molar-refractivity contribution in [3.05, 3.63) is 47.9 Å². The van der Waals surface area contributed by atoms with Gasteiger partial charge >= 0.3 is 0 Å². The highest BCUT2D eigenvalue weighted by Gasteiger charge is 2.27. The first kappa shape index (κ1) is 15.1. The molecule has 0 aliphatic heterocycles. The first-order valence-corrected chi connectivity index (χ1v) is 7.80. The molecule has 2 unspecified atom stereocenters. The quantitative estimate of drug-likeness (QED) is 0.814. The van der Waals surface area contributed by atoms with Crippen molar-refractivity contribution in [2.24, 2.45) is 5.92 Å². The fourth-order valence-corrected chi connectivity index (χ4v) is 3.51. The minimum atomic E-state index is 0.272. The Morgan fingerprint density at radius 3 is 2.40 bits per heavy atom. The number of hydrogen-bond acceptors (Lipinski definition) is 4. The Kier molecular flexibility index (Phi) is 5.26. The highest BCUT2D eigenvalue weighted by Crippen LogP contribution is 2.36. The number of aryl methyl sites for hydroxylation is 1. The van der Waals surface area contributed by atoms with Crippen LogP contribution < -0.4 is 5.32 Å². The van der Waals surface area contributed by atoms with E-state index in [1.807, 2.05) is 20.0 Å². The summed E-state index contributed by atoms with van der Waals surface area (Å²) in [6, 6.07) is 10.8. The third-order valence-electron chi connectivity index (χ3n) is 3.29. The van der Waals surface area contributed by atoms with Gasteiger partial charge in [0.15, 0.2) is 0 Å². The molecule has 0 bridgehead atoms. The molecule has 3 nitrogen and oxygen atoms in total. The smallest absolute Gasteiger partial charge is 0.256 e. The monoisotopic (exact) mass is 290 g/mol. The van der Waals surface area contributed by atoms with Crippen LogP contribution in [0.3, 0.4) is 0 Å². The second kappa shape index (κ2) is 6.95. The van der Waals surface area contributed by atoms with E-state index in [9.17, 15) is 0 Å². The topological polar surface area (TPSA) is 38.1 Å². The summed E-state index contributed by atoms with van der Waals surface area (Å²) in [6.45, 7) is 6.42. The van der Waals surface area contributed by atoms with Gasteiger partial charge in [0, 0.05) is 11.3 Å². The first-order valence-electron chi connectivity index (χ1n) is 6.92. The van der Waals surface area contributed by atoms with Crippen LogP contribution in [0.1, 0.15) is 31.1 Å². The Morgan fingerprint density at radius 1 is 1.20 bits per heavy atom. The summed E-state index contributed by atoms with van der Waals surface area (Å²) in [5, 5.41) is 4.55.